The number of nitrogens with zero attached hydrogens (tertiary/aromatic N) is 2. The number of hydrogen-bond acceptors (Lipinski definition) is 11. The Kier molecular flexibility index (Phi) is 22.7. The lowest BCUT2D eigenvalue weighted by atomic mass is 9.99. The van der Waals surface area contributed by atoms with Gasteiger partial charge in [0.2, 0.25) is 35.4 Å². The quantitative estimate of drug-likeness (QED) is 0.0241. The van der Waals surface area contributed by atoms with Crippen LogP contribution in [0.3, 0.4) is 0 Å². The number of carboxylic acids is 1. The van der Waals surface area contributed by atoms with Gasteiger partial charge in [-0.3, -0.25) is 38.8 Å². The fourth-order valence-corrected chi connectivity index (χ4v) is 6.19. The molecule has 64 heavy (non-hydrogen) atoms. The molecule has 0 bridgehead atoms. The molecule has 0 saturated heterocycles. The van der Waals surface area contributed by atoms with Crippen LogP contribution in [0.25, 0.3) is 0 Å². The van der Waals surface area contributed by atoms with E-state index in [0.29, 0.717) is 17.5 Å². The number of aliphatic carboxylic acids is 1. The first kappa shape index (κ1) is 53.3. The summed E-state index contributed by atoms with van der Waals surface area (Å²) in [5.41, 5.74) is 28.8. The maximum absolute atomic E-state index is 14.0. The number of carboxylic acid groups (broad SMARTS) is 1. The maximum atomic E-state index is 14.0. The molecule has 0 unspecified atom stereocenters. The second-order valence-electron chi connectivity index (χ2n) is 15.6. The number of hydrogen-bond donors (Lipinski definition) is 13. The van der Waals surface area contributed by atoms with E-state index >= 15 is 0 Å². The average molecular weight is 896 g/mol. The van der Waals surface area contributed by atoms with Gasteiger partial charge in [0.15, 0.2) is 11.9 Å². The average Bonchev–Trinajstić information content (AvgIpc) is 3.23. The molecule has 0 aliphatic carbocycles. The third-order valence-electron chi connectivity index (χ3n) is 9.76. The fourth-order valence-electron chi connectivity index (χ4n) is 6.19. The Hall–Kier alpha value is -6.81. The Labute approximate surface area is 372 Å². The van der Waals surface area contributed by atoms with Crippen LogP contribution in [0.15, 0.2) is 70.6 Å². The number of aliphatic hydroxyl groups excluding tert-OH is 1. The molecule has 0 aromatic heterocycles. The second-order valence-corrected chi connectivity index (χ2v) is 15.6. The summed E-state index contributed by atoms with van der Waals surface area (Å²) in [5.74, 6) is -6.98. The number of rotatable bonds is 27. The van der Waals surface area contributed by atoms with Crippen molar-refractivity contribution in [1.82, 2.24) is 31.9 Å². The topological polar surface area (TPSA) is 387 Å². The largest absolute Gasteiger partial charge is 0.480 e. The third kappa shape index (κ3) is 19.5. The Morgan fingerprint density at radius 2 is 0.984 bits per heavy atom. The first-order chi connectivity index (χ1) is 30.2. The minimum Gasteiger partial charge on any atom is -0.480 e. The molecule has 6 amide bonds. The number of nitrogens with one attached hydrogen (secondary N) is 6. The molecule has 0 fully saturated rings. The van der Waals surface area contributed by atoms with E-state index in [9.17, 15) is 43.8 Å². The van der Waals surface area contributed by atoms with Crippen molar-refractivity contribution in [2.24, 2.45) is 44.6 Å². The van der Waals surface area contributed by atoms with Crippen molar-refractivity contribution < 1.29 is 43.8 Å². The van der Waals surface area contributed by atoms with Gasteiger partial charge < -0.3 is 70.8 Å². The van der Waals surface area contributed by atoms with E-state index in [-0.39, 0.29) is 57.1 Å². The Bertz CT molecular complexity index is 1910. The van der Waals surface area contributed by atoms with Crippen LogP contribution in [0.1, 0.15) is 64.5 Å². The molecule has 2 aromatic carbocycles. The van der Waals surface area contributed by atoms with Gasteiger partial charge in [0.1, 0.15) is 36.3 Å². The zero-order valence-electron chi connectivity index (χ0n) is 36.7. The van der Waals surface area contributed by atoms with E-state index in [2.05, 4.69) is 41.9 Å². The molecule has 352 valence electrons. The van der Waals surface area contributed by atoms with Crippen molar-refractivity contribution in [1.29, 1.82) is 0 Å². The summed E-state index contributed by atoms with van der Waals surface area (Å²) in [6.45, 7) is 6.21. The lowest BCUT2D eigenvalue weighted by Crippen LogP contribution is -2.62. The van der Waals surface area contributed by atoms with E-state index in [1.54, 1.807) is 74.5 Å². The highest BCUT2D eigenvalue weighted by atomic mass is 16.4. The summed E-state index contributed by atoms with van der Waals surface area (Å²) in [6, 6.07) is 8.20. The summed E-state index contributed by atoms with van der Waals surface area (Å²) >= 11 is 0. The number of guanidine groups is 2. The smallest absolute Gasteiger partial charge is 0.326 e. The van der Waals surface area contributed by atoms with Gasteiger partial charge in [-0.25, -0.2) is 4.79 Å². The van der Waals surface area contributed by atoms with Gasteiger partial charge in [-0.2, -0.15) is 0 Å². The van der Waals surface area contributed by atoms with E-state index < -0.39 is 95.7 Å². The molecule has 0 saturated carbocycles. The molecule has 8 atom stereocenters. The number of carbonyl (C=O) groups excluding carboxylic acids is 6. The standard InChI is InChI=1S/C42H65N13O9/c1-23(2)32(38(61)53-31(40(63)64)22-27-15-9-6-10-16-27)54-37(60)30(21-26-13-7-5-8-14-26)52-39(62)33(25(4)56)55-34(57)24(3)50-36(59)29(18-12-20-49-42(46)47)51-35(58)28(43)17-11-19-48-41(44)45/h5-10,13-16,23-25,28-33,56H,11-12,17-22,43H2,1-4H3,(H,50,59)(H,51,58)(H,52,62)(H,53,61)(H,54,60)(H,55,57)(H,63,64)(H4,44,45,48)(H4,46,47,49)/t24-,25+,28-,29-,30-,31-,32-,33-/m0/s1. The lowest BCUT2D eigenvalue weighted by Gasteiger charge is -2.29. The molecule has 0 spiro atoms. The SMILES string of the molecule is CC(C)[C@H](NC(=O)[C@H](Cc1ccccc1)NC(=O)[C@@H](NC(=O)[C@H](C)NC(=O)[C@H](CCCN=C(N)N)NC(=O)[C@@H](N)CCCN=C(N)N)[C@@H](C)O)C(=O)N[C@@H](Cc1ccccc1)C(=O)O. The minimum atomic E-state index is -1.65. The maximum Gasteiger partial charge on any atom is 0.326 e. The highest BCUT2D eigenvalue weighted by Crippen LogP contribution is 2.10. The molecular weight excluding hydrogens is 831 g/mol. The van der Waals surface area contributed by atoms with Crippen molar-refractivity contribution in [2.75, 3.05) is 13.1 Å². The number of carbonyl (C=O) groups is 7. The van der Waals surface area contributed by atoms with Crippen LogP contribution >= 0.6 is 0 Å². The van der Waals surface area contributed by atoms with Crippen LogP contribution in [-0.2, 0) is 46.4 Å². The van der Waals surface area contributed by atoms with Gasteiger partial charge in [-0.05, 0) is 56.6 Å². The van der Waals surface area contributed by atoms with Gasteiger partial charge in [-0.15, -0.1) is 0 Å². The van der Waals surface area contributed by atoms with E-state index in [4.69, 9.17) is 28.7 Å². The highest BCUT2D eigenvalue weighted by molar-refractivity contribution is 5.97. The van der Waals surface area contributed by atoms with Crippen LogP contribution in [0.4, 0.5) is 0 Å². The van der Waals surface area contributed by atoms with Gasteiger partial charge >= 0.3 is 5.97 Å². The van der Waals surface area contributed by atoms with Crippen molar-refractivity contribution >= 4 is 53.3 Å². The number of benzene rings is 2. The van der Waals surface area contributed by atoms with Crippen LogP contribution in [-0.4, -0.2) is 125 Å². The predicted molar refractivity (Wildman–Crippen MR) is 240 cm³/mol. The highest BCUT2D eigenvalue weighted by Gasteiger charge is 2.35. The molecule has 2 aromatic rings. The number of aliphatic hydroxyl groups is 1. The van der Waals surface area contributed by atoms with Gasteiger partial charge in [0, 0.05) is 25.9 Å². The first-order valence-corrected chi connectivity index (χ1v) is 20.9. The normalized spacial score (nSPS) is 14.7. The van der Waals surface area contributed by atoms with Gasteiger partial charge in [0.05, 0.1) is 12.1 Å². The molecule has 0 aliphatic heterocycles. The number of nitrogens with two attached hydrogens (primary N) is 5. The van der Waals surface area contributed by atoms with E-state index in [0.717, 1.165) is 0 Å². The monoisotopic (exact) mass is 896 g/mol. The van der Waals surface area contributed by atoms with Crippen LogP contribution in [0.2, 0.25) is 0 Å². The van der Waals surface area contributed by atoms with Crippen LogP contribution in [0.5, 0.6) is 0 Å². The van der Waals surface area contributed by atoms with Crippen LogP contribution in [0, 0.1) is 5.92 Å². The van der Waals surface area contributed by atoms with Crippen molar-refractivity contribution in [3.8, 4) is 0 Å². The Morgan fingerprint density at radius 3 is 1.47 bits per heavy atom. The second kappa shape index (κ2) is 27.3. The number of aliphatic imine (C=N–C) groups is 2. The van der Waals surface area contributed by atoms with E-state index in [1.807, 2.05) is 0 Å². The molecule has 18 N–H and O–H groups in total. The fraction of sp³-hybridized carbons (Fsp3) is 0.500. The van der Waals surface area contributed by atoms with Crippen LogP contribution < -0.4 is 60.6 Å². The predicted octanol–water partition coefficient (Wildman–Crippen LogP) is -3.04. The van der Waals surface area contributed by atoms with Gasteiger partial charge in [0.25, 0.3) is 0 Å². The Morgan fingerprint density at radius 1 is 0.547 bits per heavy atom. The van der Waals surface area contributed by atoms with Gasteiger partial charge in [-0.1, -0.05) is 74.5 Å². The summed E-state index contributed by atoms with van der Waals surface area (Å²) in [7, 11) is 0. The summed E-state index contributed by atoms with van der Waals surface area (Å²) in [4.78, 5) is 101. The zero-order chi connectivity index (χ0) is 47.9. The number of amides is 6. The Balaban J connectivity index is 2.24. The molecule has 22 nitrogen and oxygen atoms in total. The molecule has 0 aliphatic rings. The lowest BCUT2D eigenvalue weighted by molar-refractivity contribution is -0.142. The van der Waals surface area contributed by atoms with Crippen molar-refractivity contribution in [3.05, 3.63) is 71.8 Å². The molecule has 2 rings (SSSR count). The summed E-state index contributed by atoms with van der Waals surface area (Å²) in [6.07, 6.45) is -0.761. The molecule has 22 heteroatoms. The first-order valence-electron chi connectivity index (χ1n) is 20.9. The molecule has 0 heterocycles. The minimum absolute atomic E-state index is 0.0156. The molecule has 0 radical (unpaired) electrons. The third-order valence-corrected chi connectivity index (χ3v) is 9.76. The van der Waals surface area contributed by atoms with E-state index in [1.165, 1.54) is 13.8 Å². The zero-order valence-corrected chi connectivity index (χ0v) is 36.7. The summed E-state index contributed by atoms with van der Waals surface area (Å²) < 4.78 is 0. The van der Waals surface area contributed by atoms with Crippen molar-refractivity contribution in [3.63, 3.8) is 0 Å². The van der Waals surface area contributed by atoms with Crippen molar-refractivity contribution in [2.45, 2.75) is 115 Å². The summed E-state index contributed by atoms with van der Waals surface area (Å²) in [5, 5.41) is 35.8. The molecular formula is C42H65N13O9.